The summed E-state index contributed by atoms with van der Waals surface area (Å²) in [7, 11) is 0. The van der Waals surface area contributed by atoms with E-state index >= 15 is 0 Å². The Morgan fingerprint density at radius 3 is 2.65 bits per heavy atom. The van der Waals surface area contributed by atoms with Crippen LogP contribution >= 0.6 is 0 Å². The summed E-state index contributed by atoms with van der Waals surface area (Å²) in [4.78, 5) is 2.69. The van der Waals surface area contributed by atoms with E-state index in [2.05, 4.69) is 37.1 Å². The van der Waals surface area contributed by atoms with Crippen LogP contribution in [-0.4, -0.2) is 29.6 Å². The minimum absolute atomic E-state index is 0.367. The summed E-state index contributed by atoms with van der Waals surface area (Å²) < 4.78 is 5.67. The SMILES string of the molecule is CC(C)C1CNC2(CCCC2)CN1C(C)c1ccco1. The summed E-state index contributed by atoms with van der Waals surface area (Å²) in [6, 6.07) is 5.09. The van der Waals surface area contributed by atoms with Crippen LogP contribution in [0.3, 0.4) is 0 Å². The molecule has 1 aromatic heterocycles. The van der Waals surface area contributed by atoms with Crippen LogP contribution in [0.15, 0.2) is 22.8 Å². The van der Waals surface area contributed by atoms with Gasteiger partial charge in [0.2, 0.25) is 0 Å². The number of rotatable bonds is 3. The molecule has 0 radical (unpaired) electrons. The van der Waals surface area contributed by atoms with Crippen LogP contribution in [0.25, 0.3) is 0 Å². The van der Waals surface area contributed by atoms with E-state index in [1.165, 1.54) is 25.7 Å². The van der Waals surface area contributed by atoms with E-state index in [4.69, 9.17) is 4.42 Å². The van der Waals surface area contributed by atoms with Gasteiger partial charge in [-0.15, -0.1) is 0 Å². The van der Waals surface area contributed by atoms with Gasteiger partial charge in [0.1, 0.15) is 5.76 Å². The minimum atomic E-state index is 0.367. The molecule has 1 aliphatic heterocycles. The molecule has 112 valence electrons. The molecule has 1 spiro atoms. The summed E-state index contributed by atoms with van der Waals surface area (Å²) >= 11 is 0. The van der Waals surface area contributed by atoms with Crippen molar-refractivity contribution >= 4 is 0 Å². The average molecular weight is 276 g/mol. The van der Waals surface area contributed by atoms with Gasteiger partial charge in [-0.1, -0.05) is 26.7 Å². The maximum atomic E-state index is 5.67. The molecule has 2 aliphatic rings. The van der Waals surface area contributed by atoms with Crippen molar-refractivity contribution in [2.24, 2.45) is 5.92 Å². The highest BCUT2D eigenvalue weighted by atomic mass is 16.3. The van der Waals surface area contributed by atoms with Gasteiger partial charge in [0.25, 0.3) is 0 Å². The van der Waals surface area contributed by atoms with E-state index in [0.29, 0.717) is 23.5 Å². The van der Waals surface area contributed by atoms with Crippen molar-refractivity contribution in [3.8, 4) is 0 Å². The van der Waals surface area contributed by atoms with E-state index < -0.39 is 0 Å². The Bertz CT molecular complexity index is 420. The molecular formula is C17H28N2O. The molecular weight excluding hydrogens is 248 g/mol. The first-order valence-corrected chi connectivity index (χ1v) is 8.15. The van der Waals surface area contributed by atoms with Gasteiger partial charge < -0.3 is 9.73 Å². The molecule has 3 nitrogen and oxygen atoms in total. The molecule has 1 N–H and O–H groups in total. The smallest absolute Gasteiger partial charge is 0.120 e. The van der Waals surface area contributed by atoms with Gasteiger partial charge in [0.05, 0.1) is 12.3 Å². The molecule has 1 saturated heterocycles. The summed E-state index contributed by atoms with van der Waals surface area (Å²) in [6.45, 7) is 9.24. The van der Waals surface area contributed by atoms with Gasteiger partial charge in [0.15, 0.2) is 0 Å². The predicted octanol–water partition coefficient (Wildman–Crippen LogP) is 3.58. The van der Waals surface area contributed by atoms with Crippen molar-refractivity contribution in [2.75, 3.05) is 13.1 Å². The van der Waals surface area contributed by atoms with Crippen LogP contribution in [0.2, 0.25) is 0 Å². The van der Waals surface area contributed by atoms with Crippen LogP contribution in [0.1, 0.15) is 58.3 Å². The standard InChI is InChI=1S/C17H28N2O/c1-13(2)15-11-18-17(8-4-5-9-17)12-19(15)14(3)16-7-6-10-20-16/h6-7,10,13-15,18H,4-5,8-9,11-12H2,1-3H3. The highest BCUT2D eigenvalue weighted by molar-refractivity contribution is 5.09. The van der Waals surface area contributed by atoms with Crippen molar-refractivity contribution < 1.29 is 4.42 Å². The quantitative estimate of drug-likeness (QED) is 0.914. The summed E-state index contributed by atoms with van der Waals surface area (Å²) in [6.07, 6.45) is 7.22. The van der Waals surface area contributed by atoms with Gasteiger partial charge in [-0.2, -0.15) is 0 Å². The topological polar surface area (TPSA) is 28.4 Å². The summed E-state index contributed by atoms with van der Waals surface area (Å²) in [5, 5.41) is 3.88. The molecule has 2 atom stereocenters. The first-order valence-electron chi connectivity index (χ1n) is 8.15. The molecule has 0 amide bonds. The number of hydrogen-bond acceptors (Lipinski definition) is 3. The molecule has 0 aromatic carbocycles. The van der Waals surface area contributed by atoms with E-state index in [-0.39, 0.29) is 0 Å². The predicted molar refractivity (Wildman–Crippen MR) is 81.7 cm³/mol. The second-order valence-electron chi connectivity index (χ2n) is 7.04. The van der Waals surface area contributed by atoms with E-state index in [9.17, 15) is 0 Å². The molecule has 20 heavy (non-hydrogen) atoms. The lowest BCUT2D eigenvalue weighted by molar-refractivity contribution is 0.0201. The van der Waals surface area contributed by atoms with E-state index in [0.717, 1.165) is 18.8 Å². The zero-order valence-corrected chi connectivity index (χ0v) is 13.1. The van der Waals surface area contributed by atoms with Crippen molar-refractivity contribution in [3.63, 3.8) is 0 Å². The van der Waals surface area contributed by atoms with Crippen molar-refractivity contribution in [1.29, 1.82) is 0 Å². The third kappa shape index (κ3) is 2.53. The lowest BCUT2D eigenvalue weighted by atomic mass is 9.87. The Hall–Kier alpha value is -0.800. The first-order chi connectivity index (χ1) is 9.61. The zero-order valence-electron chi connectivity index (χ0n) is 13.1. The number of nitrogens with zero attached hydrogens (tertiary/aromatic N) is 1. The maximum absolute atomic E-state index is 5.67. The Kier molecular flexibility index (Phi) is 3.91. The number of furan rings is 1. The van der Waals surface area contributed by atoms with Crippen LogP contribution in [0.4, 0.5) is 0 Å². The van der Waals surface area contributed by atoms with Gasteiger partial charge >= 0.3 is 0 Å². The van der Waals surface area contributed by atoms with E-state index in [1.807, 2.05) is 6.07 Å². The van der Waals surface area contributed by atoms with Crippen LogP contribution < -0.4 is 5.32 Å². The Morgan fingerprint density at radius 2 is 2.05 bits per heavy atom. The van der Waals surface area contributed by atoms with Gasteiger partial charge in [-0.05, 0) is 37.8 Å². The molecule has 0 bridgehead atoms. The van der Waals surface area contributed by atoms with Gasteiger partial charge in [-0.3, -0.25) is 4.90 Å². The summed E-state index contributed by atoms with van der Waals surface area (Å²) in [5.41, 5.74) is 0.367. The number of hydrogen-bond donors (Lipinski definition) is 1. The molecule has 1 saturated carbocycles. The third-order valence-electron chi connectivity index (χ3n) is 5.38. The maximum Gasteiger partial charge on any atom is 0.120 e. The average Bonchev–Trinajstić information content (AvgIpc) is 3.09. The lowest BCUT2D eigenvalue weighted by Gasteiger charge is -2.49. The largest absolute Gasteiger partial charge is 0.468 e. The van der Waals surface area contributed by atoms with Crippen molar-refractivity contribution in [3.05, 3.63) is 24.2 Å². The second kappa shape index (κ2) is 5.53. The third-order valence-corrected chi connectivity index (χ3v) is 5.38. The Balaban J connectivity index is 1.82. The Labute approximate surface area is 122 Å². The van der Waals surface area contributed by atoms with Crippen molar-refractivity contribution in [2.45, 2.75) is 64.1 Å². The fourth-order valence-corrected chi connectivity index (χ4v) is 4.08. The van der Waals surface area contributed by atoms with E-state index in [1.54, 1.807) is 6.26 Å². The molecule has 2 unspecified atom stereocenters. The van der Waals surface area contributed by atoms with Crippen LogP contribution in [0, 0.1) is 5.92 Å². The van der Waals surface area contributed by atoms with Gasteiger partial charge in [0, 0.05) is 24.7 Å². The zero-order chi connectivity index (χ0) is 14.2. The number of piperazine rings is 1. The fraction of sp³-hybridized carbons (Fsp3) is 0.765. The normalized spacial score (nSPS) is 28.3. The highest BCUT2D eigenvalue weighted by Crippen LogP contribution is 2.37. The lowest BCUT2D eigenvalue weighted by Crippen LogP contribution is -2.64. The number of nitrogens with one attached hydrogen (secondary N) is 1. The van der Waals surface area contributed by atoms with Crippen LogP contribution in [-0.2, 0) is 0 Å². The molecule has 2 fully saturated rings. The van der Waals surface area contributed by atoms with Crippen molar-refractivity contribution in [1.82, 2.24) is 10.2 Å². The molecule has 1 aliphatic carbocycles. The fourth-order valence-electron chi connectivity index (χ4n) is 4.08. The van der Waals surface area contributed by atoms with Crippen LogP contribution in [0.5, 0.6) is 0 Å². The monoisotopic (exact) mass is 276 g/mol. The minimum Gasteiger partial charge on any atom is -0.468 e. The second-order valence-corrected chi connectivity index (χ2v) is 7.04. The molecule has 3 rings (SSSR count). The van der Waals surface area contributed by atoms with Gasteiger partial charge in [-0.25, -0.2) is 0 Å². The first kappa shape index (κ1) is 14.2. The molecule has 2 heterocycles. The highest BCUT2D eigenvalue weighted by Gasteiger charge is 2.43. The molecule has 3 heteroatoms. The molecule has 1 aromatic rings. The Morgan fingerprint density at radius 1 is 1.30 bits per heavy atom. The summed E-state index contributed by atoms with van der Waals surface area (Å²) in [5.74, 6) is 1.77.